The lowest BCUT2D eigenvalue weighted by Gasteiger charge is -2.13. The highest BCUT2D eigenvalue weighted by molar-refractivity contribution is 5.60. The highest BCUT2D eigenvalue weighted by atomic mass is 16.5. The molecule has 24 heavy (non-hydrogen) atoms. The minimum atomic E-state index is -0.496. The van der Waals surface area contributed by atoms with Gasteiger partial charge >= 0.3 is 0 Å². The van der Waals surface area contributed by atoms with Gasteiger partial charge < -0.3 is 9.84 Å². The number of hydrogen-bond acceptors (Lipinski definition) is 4. The Labute approximate surface area is 144 Å². The third-order valence-electron chi connectivity index (χ3n) is 4.09. The quantitative estimate of drug-likeness (QED) is 0.628. The van der Waals surface area contributed by atoms with E-state index in [-0.39, 0.29) is 0 Å². The monoisotopic (exact) mass is 328 g/mol. The van der Waals surface area contributed by atoms with Gasteiger partial charge in [-0.05, 0) is 18.4 Å². The summed E-state index contributed by atoms with van der Waals surface area (Å²) in [7, 11) is 0. The van der Waals surface area contributed by atoms with Crippen molar-refractivity contribution in [3.63, 3.8) is 0 Å². The first-order valence-electron chi connectivity index (χ1n) is 8.98. The van der Waals surface area contributed by atoms with Crippen LogP contribution in [0.25, 0.3) is 11.4 Å². The van der Waals surface area contributed by atoms with Crippen molar-refractivity contribution in [1.82, 2.24) is 9.97 Å². The summed E-state index contributed by atoms with van der Waals surface area (Å²) in [5.41, 5.74) is 1.74. The van der Waals surface area contributed by atoms with Crippen LogP contribution in [-0.4, -0.2) is 21.7 Å². The van der Waals surface area contributed by atoms with E-state index in [0.717, 1.165) is 17.5 Å². The van der Waals surface area contributed by atoms with Crippen LogP contribution < -0.4 is 4.74 Å². The number of unbranched alkanes of at least 4 members (excludes halogenated alkanes) is 4. The van der Waals surface area contributed by atoms with Crippen molar-refractivity contribution in [2.45, 2.75) is 58.5 Å². The Morgan fingerprint density at radius 2 is 1.71 bits per heavy atom. The molecule has 0 amide bonds. The van der Waals surface area contributed by atoms with Crippen LogP contribution in [0, 0.1) is 0 Å². The van der Waals surface area contributed by atoms with Gasteiger partial charge in [-0.2, -0.15) is 0 Å². The van der Waals surface area contributed by atoms with E-state index < -0.39 is 6.10 Å². The molecule has 0 fully saturated rings. The smallest absolute Gasteiger partial charge is 0.159 e. The van der Waals surface area contributed by atoms with Gasteiger partial charge in [0.2, 0.25) is 0 Å². The number of aliphatic hydroxyl groups excluding tert-OH is 1. The summed E-state index contributed by atoms with van der Waals surface area (Å²) in [6.07, 6.45) is 9.67. The number of aromatic nitrogens is 2. The molecule has 0 radical (unpaired) electrons. The Bertz CT molecular complexity index is 599. The molecule has 1 aromatic heterocycles. The predicted molar refractivity (Wildman–Crippen MR) is 97.0 cm³/mol. The Balaban J connectivity index is 1.95. The van der Waals surface area contributed by atoms with Gasteiger partial charge in [0.25, 0.3) is 0 Å². The number of aliphatic hydroxyl groups is 1. The molecule has 0 saturated carbocycles. The average Bonchev–Trinajstić information content (AvgIpc) is 2.64. The Kier molecular flexibility index (Phi) is 7.69. The molecule has 4 nitrogen and oxygen atoms in total. The first kappa shape index (κ1) is 18.4. The third kappa shape index (κ3) is 5.31. The molecule has 1 atom stereocenters. The van der Waals surface area contributed by atoms with Crippen molar-refractivity contribution in [2.75, 3.05) is 6.61 Å². The molecule has 0 spiro atoms. The summed E-state index contributed by atoms with van der Waals surface area (Å²) in [5.74, 6) is 1.32. The summed E-state index contributed by atoms with van der Waals surface area (Å²) in [5, 5.41) is 10.2. The summed E-state index contributed by atoms with van der Waals surface area (Å²) in [6.45, 7) is 4.88. The molecule has 0 aliphatic rings. The lowest BCUT2D eigenvalue weighted by molar-refractivity contribution is 0.174. The van der Waals surface area contributed by atoms with Crippen LogP contribution in [-0.2, 0) is 0 Å². The molecule has 0 saturated heterocycles. The molecule has 1 unspecified atom stereocenters. The Hall–Kier alpha value is -1.94. The predicted octanol–water partition coefficient (Wildman–Crippen LogP) is 4.94. The maximum absolute atomic E-state index is 10.2. The van der Waals surface area contributed by atoms with Gasteiger partial charge in [0, 0.05) is 5.56 Å². The largest absolute Gasteiger partial charge is 0.490 e. The van der Waals surface area contributed by atoms with Crippen molar-refractivity contribution < 1.29 is 9.84 Å². The summed E-state index contributed by atoms with van der Waals surface area (Å²) < 4.78 is 5.70. The second-order valence-electron chi connectivity index (χ2n) is 6.02. The number of hydrogen-bond donors (Lipinski definition) is 1. The number of rotatable bonds is 10. The average molecular weight is 328 g/mol. The second-order valence-corrected chi connectivity index (χ2v) is 6.02. The molecule has 2 rings (SSSR count). The number of ether oxygens (including phenoxy) is 1. The highest BCUT2D eigenvalue weighted by Crippen LogP contribution is 2.27. The van der Waals surface area contributed by atoms with Crippen molar-refractivity contribution in [1.29, 1.82) is 0 Å². The topological polar surface area (TPSA) is 55.2 Å². The zero-order valence-corrected chi connectivity index (χ0v) is 14.7. The van der Waals surface area contributed by atoms with Gasteiger partial charge in [0.05, 0.1) is 25.1 Å². The van der Waals surface area contributed by atoms with E-state index in [0.29, 0.717) is 24.6 Å². The molecule has 1 N–H and O–H groups in total. The van der Waals surface area contributed by atoms with E-state index in [1.807, 2.05) is 31.2 Å². The van der Waals surface area contributed by atoms with Crippen LogP contribution in [0.15, 0.2) is 36.7 Å². The molecule has 4 heteroatoms. The standard InChI is InChI=1S/C20H28N2O2/c1-3-5-6-7-10-13-24-16-14-21-20(22-15-16)18-12-9-8-11-17(18)19(23)4-2/h8-9,11-12,14-15,19,23H,3-7,10,13H2,1-2H3. The van der Waals surface area contributed by atoms with Crippen LogP contribution in [0.1, 0.15) is 64.0 Å². The lowest BCUT2D eigenvalue weighted by Crippen LogP contribution is -2.02. The minimum absolute atomic E-state index is 0.496. The summed E-state index contributed by atoms with van der Waals surface area (Å²) >= 11 is 0. The Morgan fingerprint density at radius 3 is 2.42 bits per heavy atom. The molecule has 1 aromatic carbocycles. The fourth-order valence-corrected chi connectivity index (χ4v) is 2.64. The van der Waals surface area contributed by atoms with Crippen LogP contribution in [0.5, 0.6) is 5.75 Å². The molecule has 130 valence electrons. The third-order valence-corrected chi connectivity index (χ3v) is 4.09. The van der Waals surface area contributed by atoms with E-state index in [1.165, 1.54) is 25.7 Å². The van der Waals surface area contributed by atoms with Crippen molar-refractivity contribution >= 4 is 0 Å². The summed E-state index contributed by atoms with van der Waals surface area (Å²) in [6, 6.07) is 7.73. The van der Waals surface area contributed by atoms with E-state index in [1.54, 1.807) is 12.4 Å². The molecule has 0 bridgehead atoms. The van der Waals surface area contributed by atoms with Crippen LogP contribution >= 0.6 is 0 Å². The first-order valence-corrected chi connectivity index (χ1v) is 8.98. The lowest BCUT2D eigenvalue weighted by atomic mass is 10.0. The maximum atomic E-state index is 10.2. The van der Waals surface area contributed by atoms with Gasteiger partial charge in [0.15, 0.2) is 11.6 Å². The summed E-state index contributed by atoms with van der Waals surface area (Å²) in [4.78, 5) is 8.81. The van der Waals surface area contributed by atoms with Gasteiger partial charge in [-0.1, -0.05) is 63.8 Å². The zero-order chi connectivity index (χ0) is 17.2. The van der Waals surface area contributed by atoms with Gasteiger partial charge in [-0.15, -0.1) is 0 Å². The van der Waals surface area contributed by atoms with E-state index in [9.17, 15) is 5.11 Å². The molecule has 0 aliphatic heterocycles. The van der Waals surface area contributed by atoms with Crippen LogP contribution in [0.2, 0.25) is 0 Å². The Morgan fingerprint density at radius 1 is 1.00 bits per heavy atom. The van der Waals surface area contributed by atoms with Crippen LogP contribution in [0.4, 0.5) is 0 Å². The number of nitrogens with zero attached hydrogens (tertiary/aromatic N) is 2. The SMILES string of the molecule is CCCCCCCOc1cnc(-c2ccccc2C(O)CC)nc1. The van der Waals surface area contributed by atoms with Crippen molar-refractivity contribution in [3.05, 3.63) is 42.2 Å². The fourth-order valence-electron chi connectivity index (χ4n) is 2.64. The van der Waals surface area contributed by atoms with E-state index >= 15 is 0 Å². The number of benzene rings is 1. The van der Waals surface area contributed by atoms with Crippen molar-refractivity contribution in [3.8, 4) is 17.1 Å². The fraction of sp³-hybridized carbons (Fsp3) is 0.500. The van der Waals surface area contributed by atoms with Crippen molar-refractivity contribution in [2.24, 2.45) is 0 Å². The van der Waals surface area contributed by atoms with E-state index in [2.05, 4.69) is 16.9 Å². The van der Waals surface area contributed by atoms with Crippen LogP contribution in [0.3, 0.4) is 0 Å². The molecular formula is C20H28N2O2. The second kappa shape index (κ2) is 10.0. The zero-order valence-electron chi connectivity index (χ0n) is 14.7. The first-order chi connectivity index (χ1) is 11.8. The maximum Gasteiger partial charge on any atom is 0.159 e. The molecule has 0 aliphatic carbocycles. The molecule has 2 aromatic rings. The highest BCUT2D eigenvalue weighted by Gasteiger charge is 2.13. The minimum Gasteiger partial charge on any atom is -0.490 e. The van der Waals surface area contributed by atoms with Gasteiger partial charge in [0.1, 0.15) is 0 Å². The molecule has 1 heterocycles. The van der Waals surface area contributed by atoms with E-state index in [4.69, 9.17) is 4.74 Å². The van der Waals surface area contributed by atoms with Gasteiger partial charge in [-0.25, -0.2) is 9.97 Å². The molecular weight excluding hydrogens is 300 g/mol. The normalized spacial score (nSPS) is 12.1. The van der Waals surface area contributed by atoms with Gasteiger partial charge in [-0.3, -0.25) is 0 Å².